The molecule has 0 bridgehead atoms. The minimum absolute atomic E-state index is 0.00445. The van der Waals surface area contributed by atoms with Crippen LogP contribution in [0.15, 0.2) is 35.6 Å². The predicted molar refractivity (Wildman–Crippen MR) is 90.1 cm³/mol. The highest BCUT2D eigenvalue weighted by molar-refractivity contribution is 5.79. The minimum atomic E-state index is -2.97. The molecule has 0 saturated carbocycles. The number of aromatic nitrogens is 2. The first-order valence-corrected chi connectivity index (χ1v) is 7.80. The lowest BCUT2D eigenvalue weighted by molar-refractivity contribution is -0.0505. The van der Waals surface area contributed by atoms with E-state index < -0.39 is 13.2 Å². The summed E-state index contributed by atoms with van der Waals surface area (Å²) in [5, 5.41) is 5.72. The van der Waals surface area contributed by atoms with Gasteiger partial charge >= 0.3 is 13.2 Å². The molecule has 0 aliphatic heterocycles. The maximum atomic E-state index is 12.8. The van der Waals surface area contributed by atoms with Crippen LogP contribution in [0.25, 0.3) is 0 Å². The first-order chi connectivity index (χ1) is 12.9. The van der Waals surface area contributed by atoms with E-state index in [0.29, 0.717) is 11.3 Å². The van der Waals surface area contributed by atoms with Crippen molar-refractivity contribution in [3.8, 4) is 11.5 Å². The van der Waals surface area contributed by atoms with Gasteiger partial charge < -0.3 is 20.1 Å². The number of benzene rings is 1. The molecule has 0 radical (unpaired) electrons. The zero-order valence-electron chi connectivity index (χ0n) is 14.6. The topological polar surface area (TPSA) is 72.7 Å². The van der Waals surface area contributed by atoms with Crippen LogP contribution in [0.3, 0.4) is 0 Å². The summed E-state index contributed by atoms with van der Waals surface area (Å²) in [5.41, 5.74) is 0.409. The van der Waals surface area contributed by atoms with Gasteiger partial charge in [-0.25, -0.2) is 4.98 Å². The fraction of sp³-hybridized carbons (Fsp3) is 0.375. The van der Waals surface area contributed by atoms with Crippen LogP contribution in [0.4, 0.5) is 17.6 Å². The van der Waals surface area contributed by atoms with Crippen molar-refractivity contribution in [2.24, 2.45) is 4.99 Å². The Morgan fingerprint density at radius 2 is 1.96 bits per heavy atom. The second-order valence-corrected chi connectivity index (χ2v) is 5.16. The van der Waals surface area contributed by atoms with Crippen LogP contribution in [0.5, 0.6) is 11.5 Å². The van der Waals surface area contributed by atoms with E-state index >= 15 is 0 Å². The van der Waals surface area contributed by atoms with Crippen molar-refractivity contribution in [1.29, 1.82) is 0 Å². The molecule has 148 valence electrons. The third-order valence-corrected chi connectivity index (χ3v) is 3.53. The van der Waals surface area contributed by atoms with E-state index in [4.69, 9.17) is 4.74 Å². The summed E-state index contributed by atoms with van der Waals surface area (Å²) >= 11 is 0. The highest BCUT2D eigenvalue weighted by Crippen LogP contribution is 2.25. The van der Waals surface area contributed by atoms with E-state index in [9.17, 15) is 17.6 Å². The molecule has 1 aromatic heterocycles. The first-order valence-electron chi connectivity index (χ1n) is 7.80. The van der Waals surface area contributed by atoms with Gasteiger partial charge in [-0.3, -0.25) is 9.56 Å². The summed E-state index contributed by atoms with van der Waals surface area (Å²) in [4.78, 5) is 7.81. The van der Waals surface area contributed by atoms with Gasteiger partial charge in [0.25, 0.3) is 0 Å². The van der Waals surface area contributed by atoms with E-state index in [1.54, 1.807) is 6.07 Å². The van der Waals surface area contributed by atoms with Gasteiger partial charge in [0.2, 0.25) is 0 Å². The number of ether oxygens (including phenoxy) is 2. The number of aliphatic imine (C=N–C) groups is 1. The molecule has 2 N–H and O–H groups in total. The van der Waals surface area contributed by atoms with E-state index in [1.165, 1.54) is 38.7 Å². The molecule has 0 fully saturated rings. The van der Waals surface area contributed by atoms with E-state index in [2.05, 4.69) is 25.3 Å². The Morgan fingerprint density at radius 3 is 2.59 bits per heavy atom. The molecule has 0 amide bonds. The number of halogens is 4. The third kappa shape index (κ3) is 5.76. The normalized spacial score (nSPS) is 11.8. The molecule has 27 heavy (non-hydrogen) atoms. The lowest BCUT2D eigenvalue weighted by Gasteiger charge is -2.15. The van der Waals surface area contributed by atoms with Gasteiger partial charge in [-0.2, -0.15) is 17.6 Å². The van der Waals surface area contributed by atoms with Crippen molar-refractivity contribution in [2.75, 3.05) is 14.2 Å². The largest absolute Gasteiger partial charge is 0.497 e. The van der Waals surface area contributed by atoms with Gasteiger partial charge in [-0.05, 0) is 18.2 Å². The summed E-state index contributed by atoms with van der Waals surface area (Å²) in [5.74, 6) is 0.845. The SMILES string of the molecule is CN=C(NCc1cc(OC)ccc1OC(F)F)NCc1nccn1C(F)F. The van der Waals surface area contributed by atoms with Gasteiger partial charge in [0, 0.05) is 31.5 Å². The second-order valence-electron chi connectivity index (χ2n) is 5.16. The smallest absolute Gasteiger partial charge is 0.387 e. The van der Waals surface area contributed by atoms with Gasteiger partial charge in [0.05, 0.1) is 13.7 Å². The molecule has 1 heterocycles. The molecular weight excluding hydrogens is 370 g/mol. The van der Waals surface area contributed by atoms with Crippen molar-refractivity contribution >= 4 is 5.96 Å². The highest BCUT2D eigenvalue weighted by atomic mass is 19.3. The van der Waals surface area contributed by atoms with Gasteiger partial charge in [-0.1, -0.05) is 0 Å². The molecule has 2 aromatic rings. The molecule has 7 nitrogen and oxygen atoms in total. The zero-order chi connectivity index (χ0) is 19.8. The molecule has 0 unspecified atom stereocenters. The number of hydrogen-bond donors (Lipinski definition) is 2. The van der Waals surface area contributed by atoms with Crippen molar-refractivity contribution < 1.29 is 27.0 Å². The average molecular weight is 389 g/mol. The standard InChI is InChI=1S/C16H19F4N5O2/c1-21-16(24-9-13-22-5-6-25(13)14(17)18)23-8-10-7-11(26-2)3-4-12(10)27-15(19)20/h3-7,14-15H,8-9H2,1-2H3,(H2,21,23,24). The maximum Gasteiger partial charge on any atom is 0.387 e. The van der Waals surface area contributed by atoms with Crippen LogP contribution >= 0.6 is 0 Å². The Hall–Kier alpha value is -2.98. The maximum absolute atomic E-state index is 12.8. The second kappa shape index (κ2) is 9.64. The Kier molecular flexibility index (Phi) is 7.26. The quantitative estimate of drug-likeness (QED) is 0.413. The molecular formula is C16H19F4N5O2. The molecule has 0 saturated heterocycles. The number of nitrogens with one attached hydrogen (secondary N) is 2. The lowest BCUT2D eigenvalue weighted by Crippen LogP contribution is -2.37. The van der Waals surface area contributed by atoms with Crippen molar-refractivity contribution in [1.82, 2.24) is 20.2 Å². The molecule has 0 spiro atoms. The van der Waals surface area contributed by atoms with E-state index in [0.717, 1.165) is 4.57 Å². The fourth-order valence-corrected chi connectivity index (χ4v) is 2.25. The van der Waals surface area contributed by atoms with Crippen LogP contribution in [-0.2, 0) is 13.1 Å². The van der Waals surface area contributed by atoms with E-state index in [-0.39, 0.29) is 30.6 Å². The van der Waals surface area contributed by atoms with Gasteiger partial charge in [0.1, 0.15) is 17.3 Å². The van der Waals surface area contributed by atoms with E-state index in [1.807, 2.05) is 0 Å². The molecule has 0 atom stereocenters. The number of nitrogens with zero attached hydrogens (tertiary/aromatic N) is 3. The summed E-state index contributed by atoms with van der Waals surface area (Å²) in [7, 11) is 2.93. The van der Waals surface area contributed by atoms with Gasteiger partial charge in [0.15, 0.2) is 5.96 Å². The Morgan fingerprint density at radius 1 is 1.22 bits per heavy atom. The number of guanidine groups is 1. The molecule has 1 aromatic carbocycles. The van der Waals surface area contributed by atoms with Crippen LogP contribution in [-0.4, -0.2) is 36.3 Å². The Bertz CT molecular complexity index is 767. The molecule has 0 aliphatic rings. The third-order valence-electron chi connectivity index (χ3n) is 3.53. The summed E-state index contributed by atoms with van der Waals surface area (Å²) < 4.78 is 61.0. The highest BCUT2D eigenvalue weighted by Gasteiger charge is 2.13. The molecule has 0 aliphatic carbocycles. The Balaban J connectivity index is 2.02. The zero-order valence-corrected chi connectivity index (χ0v) is 14.6. The van der Waals surface area contributed by atoms with Crippen LogP contribution in [0, 0.1) is 0 Å². The van der Waals surface area contributed by atoms with Crippen molar-refractivity contribution in [2.45, 2.75) is 26.3 Å². The average Bonchev–Trinajstić information content (AvgIpc) is 3.11. The van der Waals surface area contributed by atoms with Crippen molar-refractivity contribution in [3.63, 3.8) is 0 Å². The van der Waals surface area contributed by atoms with Crippen LogP contribution in [0.1, 0.15) is 17.9 Å². The fourth-order valence-electron chi connectivity index (χ4n) is 2.25. The number of methoxy groups -OCH3 is 1. The number of hydrogen-bond acceptors (Lipinski definition) is 4. The minimum Gasteiger partial charge on any atom is -0.497 e. The van der Waals surface area contributed by atoms with Crippen LogP contribution in [0.2, 0.25) is 0 Å². The summed E-state index contributed by atoms with van der Waals surface area (Å²) in [6.07, 6.45) is 2.44. The predicted octanol–water partition coefficient (Wildman–Crippen LogP) is 2.75. The summed E-state index contributed by atoms with van der Waals surface area (Å²) in [6, 6.07) is 4.41. The van der Waals surface area contributed by atoms with Crippen LogP contribution < -0.4 is 20.1 Å². The Labute approximate surface area is 153 Å². The van der Waals surface area contributed by atoms with Crippen molar-refractivity contribution in [3.05, 3.63) is 42.0 Å². The number of alkyl halides is 4. The monoisotopic (exact) mass is 389 g/mol. The van der Waals surface area contributed by atoms with Gasteiger partial charge in [-0.15, -0.1) is 0 Å². The molecule has 2 rings (SSSR count). The lowest BCUT2D eigenvalue weighted by atomic mass is 10.2. The number of imidazole rings is 1. The number of rotatable bonds is 8. The first kappa shape index (κ1) is 20.3. The summed E-state index contributed by atoms with van der Waals surface area (Å²) in [6.45, 7) is -5.59. The molecule has 11 heteroatoms.